The maximum Gasteiger partial charge on any atom is 0.229 e. The largest absolute Gasteiger partial charge is 0.300 e. The molecule has 1 amide bonds. The summed E-state index contributed by atoms with van der Waals surface area (Å²) in [5.41, 5.74) is 1.60. The van der Waals surface area contributed by atoms with Crippen LogP contribution < -0.4 is 5.32 Å². The molecule has 5 heteroatoms. The van der Waals surface area contributed by atoms with Gasteiger partial charge in [-0.2, -0.15) is 0 Å². The SMILES string of the molecule is CCCC(C)C(=O)Nc1nncs1. The van der Waals surface area contributed by atoms with Crippen molar-refractivity contribution in [3.8, 4) is 0 Å². The minimum absolute atomic E-state index is 0.0265. The lowest BCUT2D eigenvalue weighted by Gasteiger charge is -2.07. The lowest BCUT2D eigenvalue weighted by Crippen LogP contribution is -2.20. The topological polar surface area (TPSA) is 54.9 Å². The number of hydrogen-bond donors (Lipinski definition) is 1. The summed E-state index contributed by atoms with van der Waals surface area (Å²) in [6.45, 7) is 3.98. The van der Waals surface area contributed by atoms with Crippen molar-refractivity contribution in [1.29, 1.82) is 0 Å². The maximum atomic E-state index is 11.4. The highest BCUT2D eigenvalue weighted by Gasteiger charge is 2.12. The summed E-state index contributed by atoms with van der Waals surface area (Å²) in [4.78, 5) is 11.4. The van der Waals surface area contributed by atoms with Gasteiger partial charge in [-0.25, -0.2) is 0 Å². The first-order valence-electron chi connectivity index (χ1n) is 4.31. The van der Waals surface area contributed by atoms with Crippen LogP contribution in [-0.4, -0.2) is 16.1 Å². The molecule has 4 nitrogen and oxygen atoms in total. The molecule has 0 radical (unpaired) electrons. The predicted octanol–water partition coefficient (Wildman–Crippen LogP) is 1.91. The van der Waals surface area contributed by atoms with E-state index in [1.165, 1.54) is 11.3 Å². The van der Waals surface area contributed by atoms with E-state index in [1.807, 2.05) is 6.92 Å². The van der Waals surface area contributed by atoms with Gasteiger partial charge >= 0.3 is 0 Å². The summed E-state index contributed by atoms with van der Waals surface area (Å²) in [6, 6.07) is 0. The van der Waals surface area contributed by atoms with Crippen LogP contribution in [0.4, 0.5) is 5.13 Å². The molecule has 0 aromatic carbocycles. The minimum atomic E-state index is 0.0265. The molecule has 0 saturated heterocycles. The average Bonchev–Trinajstić information content (AvgIpc) is 2.57. The first kappa shape index (κ1) is 10.1. The molecule has 1 N–H and O–H groups in total. The fourth-order valence-electron chi connectivity index (χ4n) is 1.02. The van der Waals surface area contributed by atoms with E-state index in [0.717, 1.165) is 12.8 Å². The van der Waals surface area contributed by atoms with Crippen molar-refractivity contribution in [2.75, 3.05) is 5.32 Å². The van der Waals surface area contributed by atoms with Gasteiger partial charge in [0.15, 0.2) is 0 Å². The zero-order valence-corrected chi connectivity index (χ0v) is 8.60. The first-order valence-corrected chi connectivity index (χ1v) is 5.19. The Balaban J connectivity index is 2.41. The number of amides is 1. The quantitative estimate of drug-likeness (QED) is 0.806. The van der Waals surface area contributed by atoms with Crippen LogP contribution >= 0.6 is 11.3 Å². The Kier molecular flexibility index (Phi) is 3.82. The molecular weight excluding hydrogens is 186 g/mol. The molecule has 13 heavy (non-hydrogen) atoms. The Morgan fingerprint density at radius 3 is 3.08 bits per heavy atom. The molecule has 1 rings (SSSR count). The van der Waals surface area contributed by atoms with Gasteiger partial charge in [0.25, 0.3) is 0 Å². The van der Waals surface area contributed by atoms with E-state index in [0.29, 0.717) is 5.13 Å². The van der Waals surface area contributed by atoms with E-state index >= 15 is 0 Å². The molecule has 0 aliphatic rings. The molecule has 0 aliphatic carbocycles. The molecule has 1 unspecified atom stereocenters. The number of carbonyl (C=O) groups excluding carboxylic acids is 1. The first-order chi connectivity index (χ1) is 6.24. The number of anilines is 1. The number of rotatable bonds is 4. The third-order valence-corrected chi connectivity index (χ3v) is 2.37. The zero-order valence-electron chi connectivity index (χ0n) is 7.78. The van der Waals surface area contributed by atoms with Crippen molar-refractivity contribution in [2.24, 2.45) is 5.92 Å². The third-order valence-electron chi connectivity index (χ3n) is 1.76. The number of aromatic nitrogens is 2. The zero-order chi connectivity index (χ0) is 9.68. The second-order valence-electron chi connectivity index (χ2n) is 2.92. The van der Waals surface area contributed by atoms with E-state index in [2.05, 4.69) is 22.4 Å². The second kappa shape index (κ2) is 4.91. The van der Waals surface area contributed by atoms with Crippen LogP contribution in [0, 0.1) is 5.92 Å². The molecule has 1 aromatic rings. The Labute approximate surface area is 81.4 Å². The van der Waals surface area contributed by atoms with Crippen molar-refractivity contribution in [3.63, 3.8) is 0 Å². The van der Waals surface area contributed by atoms with Crippen LogP contribution in [0.1, 0.15) is 26.7 Å². The molecule has 0 saturated carbocycles. The Hall–Kier alpha value is -0.970. The summed E-state index contributed by atoms with van der Waals surface area (Å²) in [5.74, 6) is 0.0764. The monoisotopic (exact) mass is 199 g/mol. The van der Waals surface area contributed by atoms with Gasteiger partial charge in [-0.05, 0) is 6.42 Å². The standard InChI is InChI=1S/C8H13N3OS/c1-3-4-6(2)7(12)10-8-11-9-5-13-8/h5-6H,3-4H2,1-2H3,(H,10,11,12). The molecule has 1 aromatic heterocycles. The highest BCUT2D eigenvalue weighted by Crippen LogP contribution is 2.12. The van der Waals surface area contributed by atoms with Crippen LogP contribution in [-0.2, 0) is 4.79 Å². The van der Waals surface area contributed by atoms with Crippen molar-refractivity contribution in [2.45, 2.75) is 26.7 Å². The Bertz CT molecular complexity index is 260. The van der Waals surface area contributed by atoms with Gasteiger partial charge in [0.2, 0.25) is 11.0 Å². The van der Waals surface area contributed by atoms with Crippen LogP contribution in [0.15, 0.2) is 5.51 Å². The summed E-state index contributed by atoms with van der Waals surface area (Å²) < 4.78 is 0. The Morgan fingerprint density at radius 2 is 2.54 bits per heavy atom. The lowest BCUT2D eigenvalue weighted by molar-refractivity contribution is -0.119. The molecule has 1 heterocycles. The number of carbonyl (C=O) groups is 1. The summed E-state index contributed by atoms with van der Waals surface area (Å²) in [6.07, 6.45) is 1.93. The van der Waals surface area contributed by atoms with Crippen molar-refractivity contribution in [1.82, 2.24) is 10.2 Å². The normalized spacial score (nSPS) is 12.5. The molecule has 1 atom stereocenters. The molecular formula is C8H13N3OS. The highest BCUT2D eigenvalue weighted by molar-refractivity contribution is 7.13. The molecule has 0 aliphatic heterocycles. The van der Waals surface area contributed by atoms with Gasteiger partial charge in [0, 0.05) is 5.92 Å². The number of nitrogens with zero attached hydrogens (tertiary/aromatic N) is 2. The van der Waals surface area contributed by atoms with Crippen LogP contribution in [0.5, 0.6) is 0 Å². The van der Waals surface area contributed by atoms with Crippen LogP contribution in [0.25, 0.3) is 0 Å². The van der Waals surface area contributed by atoms with E-state index in [-0.39, 0.29) is 11.8 Å². The minimum Gasteiger partial charge on any atom is -0.300 e. The van der Waals surface area contributed by atoms with E-state index in [9.17, 15) is 4.79 Å². The number of hydrogen-bond acceptors (Lipinski definition) is 4. The summed E-state index contributed by atoms with van der Waals surface area (Å²) in [7, 11) is 0. The fraction of sp³-hybridized carbons (Fsp3) is 0.625. The van der Waals surface area contributed by atoms with E-state index in [1.54, 1.807) is 5.51 Å². The molecule has 0 spiro atoms. The summed E-state index contributed by atoms with van der Waals surface area (Å²) >= 11 is 1.33. The second-order valence-corrected chi connectivity index (χ2v) is 3.76. The summed E-state index contributed by atoms with van der Waals surface area (Å²) in [5, 5.41) is 10.7. The maximum absolute atomic E-state index is 11.4. The molecule has 0 fully saturated rings. The highest BCUT2D eigenvalue weighted by atomic mass is 32.1. The van der Waals surface area contributed by atoms with Crippen molar-refractivity contribution in [3.05, 3.63) is 5.51 Å². The van der Waals surface area contributed by atoms with E-state index in [4.69, 9.17) is 0 Å². The van der Waals surface area contributed by atoms with Crippen molar-refractivity contribution >= 4 is 22.4 Å². The van der Waals surface area contributed by atoms with Gasteiger partial charge in [-0.3, -0.25) is 4.79 Å². The van der Waals surface area contributed by atoms with Gasteiger partial charge in [0.1, 0.15) is 5.51 Å². The van der Waals surface area contributed by atoms with Crippen molar-refractivity contribution < 1.29 is 4.79 Å². The fourth-order valence-corrected chi connectivity index (χ4v) is 1.47. The average molecular weight is 199 g/mol. The number of nitrogens with one attached hydrogen (secondary N) is 1. The smallest absolute Gasteiger partial charge is 0.229 e. The van der Waals surface area contributed by atoms with Gasteiger partial charge in [-0.15, -0.1) is 10.2 Å². The van der Waals surface area contributed by atoms with Gasteiger partial charge in [-0.1, -0.05) is 31.6 Å². The van der Waals surface area contributed by atoms with Gasteiger partial charge < -0.3 is 5.32 Å². The predicted molar refractivity (Wildman–Crippen MR) is 52.6 cm³/mol. The lowest BCUT2D eigenvalue weighted by atomic mass is 10.1. The van der Waals surface area contributed by atoms with Crippen LogP contribution in [0.3, 0.4) is 0 Å². The molecule has 72 valence electrons. The third kappa shape index (κ3) is 3.10. The van der Waals surface area contributed by atoms with E-state index < -0.39 is 0 Å². The van der Waals surface area contributed by atoms with Gasteiger partial charge in [0.05, 0.1) is 0 Å². The Morgan fingerprint density at radius 1 is 1.77 bits per heavy atom. The molecule has 0 bridgehead atoms. The van der Waals surface area contributed by atoms with Crippen LogP contribution in [0.2, 0.25) is 0 Å².